The van der Waals surface area contributed by atoms with Gasteiger partial charge in [-0.1, -0.05) is 0 Å². The number of carbonyl (C=O) groups excluding carboxylic acids is 1. The molecular weight excluding hydrogens is 356 g/mol. The average molecular weight is 369 g/mol. The van der Waals surface area contributed by atoms with E-state index in [0.29, 0.717) is 13.1 Å². The second-order valence-corrected chi connectivity index (χ2v) is 5.27. The number of halogens is 1. The van der Waals surface area contributed by atoms with Crippen LogP contribution in [0.4, 0.5) is 4.79 Å². The number of amides is 1. The minimum atomic E-state index is -1.09. The molecule has 1 saturated heterocycles. The third kappa shape index (κ3) is 4.60. The van der Waals surface area contributed by atoms with E-state index < -0.39 is 6.09 Å². The number of rotatable bonds is 2. The van der Waals surface area contributed by atoms with Gasteiger partial charge in [0.2, 0.25) is 0 Å². The fourth-order valence-corrected chi connectivity index (χ4v) is 2.22. The van der Waals surface area contributed by atoms with Gasteiger partial charge in [-0.15, -0.1) is 0 Å². The van der Waals surface area contributed by atoms with Crippen molar-refractivity contribution in [3.05, 3.63) is 27.8 Å². The van der Waals surface area contributed by atoms with E-state index >= 15 is 0 Å². The Labute approximate surface area is 142 Å². The van der Waals surface area contributed by atoms with Crippen molar-refractivity contribution in [2.75, 3.05) is 13.1 Å². The van der Waals surface area contributed by atoms with E-state index in [0.717, 1.165) is 18.6 Å². The Morgan fingerprint density at radius 1 is 1.28 bits per heavy atom. The maximum Gasteiger partial charge on any atom is 1.00 e. The van der Waals surface area contributed by atoms with Gasteiger partial charge in [0, 0.05) is 29.5 Å². The Morgan fingerprint density at radius 2 is 1.83 bits per heavy atom. The number of carboxylic acid groups (broad SMARTS) is 1. The monoisotopic (exact) mass is 369 g/mol. The number of hydrogen-bond donors (Lipinski definition) is 0. The van der Waals surface area contributed by atoms with E-state index in [1.165, 1.54) is 8.47 Å². The van der Waals surface area contributed by atoms with E-state index in [4.69, 9.17) is 4.74 Å². The van der Waals surface area contributed by atoms with Gasteiger partial charge in [-0.25, -0.2) is 0 Å². The Bertz CT molecular complexity index is 391. The Morgan fingerprint density at radius 3 is 2.33 bits per heavy atom. The molecule has 0 bridgehead atoms. The standard InChI is InChI=1S/C12H14INO3.Na/c13-9-1-3-10(4-2-9)17-11-5-7-14(8-6-11)12(15)16;/h1-4,11H,5-8H2,(H,15,16);/q;+1/p-1. The molecule has 0 aliphatic carbocycles. The average Bonchev–Trinajstić information content (AvgIpc) is 2.33. The van der Waals surface area contributed by atoms with Crippen LogP contribution in [0.1, 0.15) is 12.8 Å². The Hall–Kier alpha value is 0.0200. The van der Waals surface area contributed by atoms with Crippen molar-refractivity contribution in [2.45, 2.75) is 18.9 Å². The molecule has 18 heavy (non-hydrogen) atoms. The van der Waals surface area contributed by atoms with E-state index in [2.05, 4.69) is 22.6 Å². The van der Waals surface area contributed by atoms with Crippen molar-refractivity contribution < 1.29 is 44.2 Å². The maximum absolute atomic E-state index is 10.6. The fourth-order valence-electron chi connectivity index (χ4n) is 1.86. The van der Waals surface area contributed by atoms with Crippen molar-refractivity contribution in [3.8, 4) is 5.75 Å². The first-order valence-electron chi connectivity index (χ1n) is 5.53. The number of ether oxygens (including phenoxy) is 1. The first-order chi connectivity index (χ1) is 8.15. The molecule has 0 spiro atoms. The molecular formula is C12H13INNaO3. The molecule has 0 atom stereocenters. The number of carbonyl (C=O) groups is 1. The first kappa shape index (κ1) is 16.1. The van der Waals surface area contributed by atoms with Crippen molar-refractivity contribution >= 4 is 28.7 Å². The summed E-state index contributed by atoms with van der Waals surface area (Å²) in [5, 5.41) is 10.6. The summed E-state index contributed by atoms with van der Waals surface area (Å²) in [5.74, 6) is 0.845. The largest absolute Gasteiger partial charge is 1.00 e. The van der Waals surface area contributed by atoms with E-state index in [-0.39, 0.29) is 35.7 Å². The molecule has 1 aromatic carbocycles. The summed E-state index contributed by atoms with van der Waals surface area (Å²) in [6.45, 7) is 0.995. The van der Waals surface area contributed by atoms with Crippen LogP contribution in [-0.4, -0.2) is 30.2 Å². The zero-order valence-corrected chi connectivity index (χ0v) is 14.4. The molecule has 0 aromatic heterocycles. The van der Waals surface area contributed by atoms with Crippen molar-refractivity contribution in [2.24, 2.45) is 0 Å². The molecule has 0 unspecified atom stereocenters. The third-order valence-corrected chi connectivity index (χ3v) is 3.54. The van der Waals surface area contributed by atoms with E-state index in [9.17, 15) is 9.90 Å². The zero-order chi connectivity index (χ0) is 12.3. The molecule has 0 radical (unpaired) electrons. The fraction of sp³-hybridized carbons (Fsp3) is 0.417. The van der Waals surface area contributed by atoms with Crippen LogP contribution in [0, 0.1) is 3.57 Å². The van der Waals surface area contributed by atoms with Crippen LogP contribution in [-0.2, 0) is 0 Å². The van der Waals surface area contributed by atoms with Crippen LogP contribution < -0.4 is 39.4 Å². The normalized spacial score (nSPS) is 15.9. The summed E-state index contributed by atoms with van der Waals surface area (Å²) < 4.78 is 6.96. The molecule has 0 N–H and O–H groups in total. The minimum absolute atomic E-state index is 0. The van der Waals surface area contributed by atoms with Crippen LogP contribution in [0.5, 0.6) is 5.75 Å². The smallest absolute Gasteiger partial charge is 0.530 e. The second kappa shape index (κ2) is 7.57. The Kier molecular flexibility index (Phi) is 6.76. The van der Waals surface area contributed by atoms with Crippen molar-refractivity contribution in [3.63, 3.8) is 0 Å². The summed E-state index contributed by atoms with van der Waals surface area (Å²) in [7, 11) is 0. The molecule has 1 heterocycles. The van der Waals surface area contributed by atoms with Crippen LogP contribution in [0.15, 0.2) is 24.3 Å². The second-order valence-electron chi connectivity index (χ2n) is 4.02. The molecule has 2 rings (SSSR count). The van der Waals surface area contributed by atoms with Crippen LogP contribution >= 0.6 is 22.6 Å². The van der Waals surface area contributed by atoms with Gasteiger partial charge in [0.1, 0.15) is 17.9 Å². The molecule has 1 fully saturated rings. The van der Waals surface area contributed by atoms with Gasteiger partial charge < -0.3 is 19.5 Å². The zero-order valence-electron chi connectivity index (χ0n) is 10.3. The van der Waals surface area contributed by atoms with E-state index in [1.54, 1.807) is 0 Å². The minimum Gasteiger partial charge on any atom is -0.530 e. The third-order valence-electron chi connectivity index (χ3n) is 2.82. The first-order valence-corrected chi connectivity index (χ1v) is 6.61. The number of nitrogens with zero attached hydrogens (tertiary/aromatic N) is 1. The SMILES string of the molecule is O=C([O-])N1CCC(Oc2ccc(I)cc2)CC1.[Na+]. The van der Waals surface area contributed by atoms with Gasteiger partial charge in [-0.05, 0) is 46.9 Å². The predicted molar refractivity (Wildman–Crippen MR) is 69.8 cm³/mol. The molecule has 6 heteroatoms. The number of hydrogen-bond acceptors (Lipinski definition) is 3. The van der Waals surface area contributed by atoms with Gasteiger partial charge in [0.05, 0.1) is 0 Å². The summed E-state index contributed by atoms with van der Waals surface area (Å²) in [6, 6.07) is 7.86. The molecule has 0 saturated carbocycles. The molecule has 1 aliphatic rings. The van der Waals surface area contributed by atoms with Crippen LogP contribution in [0.2, 0.25) is 0 Å². The van der Waals surface area contributed by atoms with Gasteiger partial charge in [0.15, 0.2) is 0 Å². The maximum atomic E-state index is 10.6. The molecule has 1 aliphatic heterocycles. The number of likely N-dealkylation sites (tertiary alicyclic amines) is 1. The van der Waals surface area contributed by atoms with E-state index in [1.807, 2.05) is 24.3 Å². The number of piperidine rings is 1. The van der Waals surface area contributed by atoms with Crippen molar-refractivity contribution in [1.29, 1.82) is 0 Å². The van der Waals surface area contributed by atoms with Gasteiger partial charge in [-0.2, -0.15) is 0 Å². The summed E-state index contributed by atoms with van der Waals surface area (Å²) in [4.78, 5) is 12.0. The predicted octanol–water partition coefficient (Wildman–Crippen LogP) is -1.52. The molecule has 92 valence electrons. The topological polar surface area (TPSA) is 52.6 Å². The summed E-state index contributed by atoms with van der Waals surface area (Å²) in [5.41, 5.74) is 0. The molecule has 1 aromatic rings. The summed E-state index contributed by atoms with van der Waals surface area (Å²) in [6.07, 6.45) is 0.461. The van der Waals surface area contributed by atoms with Crippen LogP contribution in [0.3, 0.4) is 0 Å². The molecule has 1 amide bonds. The number of benzene rings is 1. The summed E-state index contributed by atoms with van der Waals surface area (Å²) >= 11 is 2.24. The quantitative estimate of drug-likeness (QED) is 0.470. The van der Waals surface area contributed by atoms with Crippen LogP contribution in [0.25, 0.3) is 0 Å². The van der Waals surface area contributed by atoms with Gasteiger partial charge >= 0.3 is 29.6 Å². The molecule has 4 nitrogen and oxygen atoms in total. The van der Waals surface area contributed by atoms with Gasteiger partial charge in [0.25, 0.3) is 0 Å². The van der Waals surface area contributed by atoms with Gasteiger partial charge in [-0.3, -0.25) is 0 Å². The van der Waals surface area contributed by atoms with Crippen molar-refractivity contribution in [1.82, 2.24) is 4.90 Å². The Balaban J connectivity index is 0.00000162.